The molecule has 0 radical (unpaired) electrons. The molecule has 2 aliphatic carbocycles. The van der Waals surface area contributed by atoms with Crippen molar-refractivity contribution < 1.29 is 19.1 Å². The number of carbonyl (C=O) groups is 2. The minimum absolute atomic E-state index is 0.0329. The summed E-state index contributed by atoms with van der Waals surface area (Å²) in [6.07, 6.45) is 5.72. The zero-order chi connectivity index (χ0) is 14.3. The molecule has 1 amide bonds. The summed E-state index contributed by atoms with van der Waals surface area (Å²) in [5, 5.41) is 11.9. The fraction of sp³-hybridized carbons (Fsp3) is 0.357. The van der Waals surface area contributed by atoms with Crippen molar-refractivity contribution in [2.24, 2.45) is 23.7 Å². The number of rotatable bonds is 3. The molecule has 104 valence electrons. The minimum atomic E-state index is -0.945. The van der Waals surface area contributed by atoms with E-state index in [9.17, 15) is 19.1 Å². The fourth-order valence-corrected chi connectivity index (χ4v) is 3.19. The Kier molecular flexibility index (Phi) is 3.00. The van der Waals surface area contributed by atoms with Gasteiger partial charge in [0, 0.05) is 0 Å². The standard InChI is InChI=1S/C14H13FN2O3/c15-10-4-3-9(6-16-10)17-13(18)11-7-1-2-8(5-7)12(11)14(19)20/h1-4,6-8,11-12H,5H2,(H,17,18)(H,19,20)/t7?,8?,11-,12+/m0/s1. The summed E-state index contributed by atoms with van der Waals surface area (Å²) < 4.78 is 12.7. The summed E-state index contributed by atoms with van der Waals surface area (Å²) in [5.41, 5.74) is 0.368. The van der Waals surface area contributed by atoms with E-state index in [2.05, 4.69) is 10.3 Å². The van der Waals surface area contributed by atoms with Crippen molar-refractivity contribution in [2.75, 3.05) is 5.32 Å². The van der Waals surface area contributed by atoms with Crippen LogP contribution >= 0.6 is 0 Å². The molecule has 5 nitrogen and oxygen atoms in total. The maximum Gasteiger partial charge on any atom is 0.307 e. The Labute approximate surface area is 114 Å². The fourth-order valence-electron chi connectivity index (χ4n) is 3.19. The van der Waals surface area contributed by atoms with Gasteiger partial charge in [-0.05, 0) is 30.4 Å². The number of amides is 1. The van der Waals surface area contributed by atoms with Crippen molar-refractivity contribution in [3.8, 4) is 0 Å². The van der Waals surface area contributed by atoms with Crippen LogP contribution in [0.3, 0.4) is 0 Å². The van der Waals surface area contributed by atoms with E-state index >= 15 is 0 Å². The topological polar surface area (TPSA) is 79.3 Å². The maximum atomic E-state index is 12.7. The number of hydrogen-bond donors (Lipinski definition) is 2. The molecule has 2 unspecified atom stereocenters. The van der Waals surface area contributed by atoms with Crippen LogP contribution in [0.25, 0.3) is 0 Å². The van der Waals surface area contributed by atoms with Gasteiger partial charge >= 0.3 is 5.97 Å². The van der Waals surface area contributed by atoms with E-state index in [1.165, 1.54) is 12.3 Å². The second-order valence-corrected chi connectivity index (χ2v) is 5.20. The number of aliphatic carboxylic acids is 1. The molecule has 0 saturated heterocycles. The summed E-state index contributed by atoms with van der Waals surface area (Å²) in [7, 11) is 0. The molecule has 20 heavy (non-hydrogen) atoms. The number of anilines is 1. The van der Waals surface area contributed by atoms with Gasteiger partial charge in [-0.15, -0.1) is 0 Å². The first kappa shape index (κ1) is 12.8. The van der Waals surface area contributed by atoms with Gasteiger partial charge in [-0.1, -0.05) is 12.2 Å². The van der Waals surface area contributed by atoms with Crippen molar-refractivity contribution in [2.45, 2.75) is 6.42 Å². The second-order valence-electron chi connectivity index (χ2n) is 5.20. The number of aromatic nitrogens is 1. The third-order valence-corrected chi connectivity index (χ3v) is 4.04. The third kappa shape index (κ3) is 2.07. The van der Waals surface area contributed by atoms with Gasteiger partial charge < -0.3 is 10.4 Å². The Morgan fingerprint density at radius 1 is 1.25 bits per heavy atom. The van der Waals surface area contributed by atoms with Crippen LogP contribution in [0.15, 0.2) is 30.5 Å². The van der Waals surface area contributed by atoms with Crippen LogP contribution in [0.5, 0.6) is 0 Å². The second kappa shape index (κ2) is 4.70. The molecular weight excluding hydrogens is 263 g/mol. The molecule has 1 heterocycles. The number of carboxylic acid groups (broad SMARTS) is 1. The molecular formula is C14H13FN2O3. The average molecular weight is 276 g/mol. The number of nitrogens with zero attached hydrogens (tertiary/aromatic N) is 1. The van der Waals surface area contributed by atoms with Crippen LogP contribution in [-0.2, 0) is 9.59 Å². The number of allylic oxidation sites excluding steroid dienone is 2. The average Bonchev–Trinajstić information content (AvgIpc) is 3.01. The Morgan fingerprint density at radius 2 is 1.95 bits per heavy atom. The van der Waals surface area contributed by atoms with E-state index in [1.54, 1.807) is 0 Å². The molecule has 1 aromatic rings. The van der Waals surface area contributed by atoms with Gasteiger partial charge in [-0.3, -0.25) is 9.59 Å². The monoisotopic (exact) mass is 276 g/mol. The van der Waals surface area contributed by atoms with Crippen LogP contribution in [0.4, 0.5) is 10.1 Å². The number of fused-ring (bicyclic) bond motifs is 2. The summed E-state index contributed by atoms with van der Waals surface area (Å²) in [5.74, 6) is -3.28. The van der Waals surface area contributed by atoms with Gasteiger partial charge in [0.15, 0.2) is 0 Å². The molecule has 6 heteroatoms. The van der Waals surface area contributed by atoms with Gasteiger partial charge in [-0.25, -0.2) is 4.98 Å². The predicted octanol–water partition coefficient (Wildman–Crippen LogP) is 1.68. The van der Waals surface area contributed by atoms with Crippen LogP contribution in [0.1, 0.15) is 6.42 Å². The summed E-state index contributed by atoms with van der Waals surface area (Å²) in [6, 6.07) is 2.55. The molecule has 2 aliphatic rings. The zero-order valence-corrected chi connectivity index (χ0v) is 10.5. The van der Waals surface area contributed by atoms with E-state index in [0.29, 0.717) is 12.1 Å². The minimum Gasteiger partial charge on any atom is -0.481 e. The van der Waals surface area contributed by atoms with E-state index in [4.69, 9.17) is 0 Å². The number of hydrogen-bond acceptors (Lipinski definition) is 3. The zero-order valence-electron chi connectivity index (χ0n) is 10.5. The molecule has 1 aromatic heterocycles. The van der Waals surface area contributed by atoms with Crippen molar-refractivity contribution in [3.63, 3.8) is 0 Å². The van der Waals surface area contributed by atoms with Crippen LogP contribution in [0, 0.1) is 29.6 Å². The quantitative estimate of drug-likeness (QED) is 0.650. The number of carboxylic acids is 1. The molecule has 2 N–H and O–H groups in total. The van der Waals surface area contributed by atoms with Gasteiger partial charge in [0.05, 0.1) is 23.7 Å². The maximum absolute atomic E-state index is 12.7. The predicted molar refractivity (Wildman–Crippen MR) is 68.2 cm³/mol. The van der Waals surface area contributed by atoms with Crippen molar-refractivity contribution in [1.29, 1.82) is 0 Å². The van der Waals surface area contributed by atoms with Gasteiger partial charge in [0.2, 0.25) is 11.9 Å². The first-order chi connectivity index (χ1) is 9.56. The van der Waals surface area contributed by atoms with E-state index in [0.717, 1.165) is 6.07 Å². The first-order valence-corrected chi connectivity index (χ1v) is 6.40. The molecule has 3 rings (SSSR count). The molecule has 4 atom stereocenters. The van der Waals surface area contributed by atoms with Crippen LogP contribution in [-0.4, -0.2) is 22.0 Å². The van der Waals surface area contributed by atoms with Gasteiger partial charge in [-0.2, -0.15) is 4.39 Å². The van der Waals surface area contributed by atoms with Crippen LogP contribution < -0.4 is 5.32 Å². The lowest BCUT2D eigenvalue weighted by Gasteiger charge is -2.23. The van der Waals surface area contributed by atoms with Crippen molar-refractivity contribution >= 4 is 17.6 Å². The lowest BCUT2D eigenvalue weighted by Crippen LogP contribution is -2.36. The highest BCUT2D eigenvalue weighted by molar-refractivity contribution is 5.96. The summed E-state index contributed by atoms with van der Waals surface area (Å²) >= 11 is 0. The highest BCUT2D eigenvalue weighted by Gasteiger charge is 2.51. The molecule has 2 bridgehead atoms. The molecule has 1 fully saturated rings. The summed E-state index contributed by atoms with van der Waals surface area (Å²) in [6.45, 7) is 0. The third-order valence-electron chi connectivity index (χ3n) is 4.04. The smallest absolute Gasteiger partial charge is 0.307 e. The largest absolute Gasteiger partial charge is 0.481 e. The van der Waals surface area contributed by atoms with E-state index in [-0.39, 0.29) is 17.7 Å². The van der Waals surface area contributed by atoms with Crippen molar-refractivity contribution in [1.82, 2.24) is 4.98 Å². The summed E-state index contributed by atoms with van der Waals surface area (Å²) in [4.78, 5) is 27.1. The van der Waals surface area contributed by atoms with Crippen LogP contribution in [0.2, 0.25) is 0 Å². The highest BCUT2D eigenvalue weighted by Crippen LogP contribution is 2.48. The lowest BCUT2D eigenvalue weighted by atomic mass is 9.82. The van der Waals surface area contributed by atoms with Gasteiger partial charge in [0.1, 0.15) is 0 Å². The first-order valence-electron chi connectivity index (χ1n) is 6.40. The Hall–Kier alpha value is -2.24. The molecule has 1 saturated carbocycles. The van der Waals surface area contributed by atoms with E-state index < -0.39 is 23.8 Å². The normalized spacial score (nSPS) is 30.4. The van der Waals surface area contributed by atoms with Gasteiger partial charge in [0.25, 0.3) is 0 Å². The molecule has 0 aliphatic heterocycles. The molecule has 0 aromatic carbocycles. The Balaban J connectivity index is 1.78. The Morgan fingerprint density at radius 3 is 2.55 bits per heavy atom. The highest BCUT2D eigenvalue weighted by atomic mass is 19.1. The lowest BCUT2D eigenvalue weighted by molar-refractivity contribution is -0.146. The Bertz CT molecular complexity index is 585. The van der Waals surface area contributed by atoms with Crippen molar-refractivity contribution in [3.05, 3.63) is 36.4 Å². The van der Waals surface area contributed by atoms with E-state index in [1.807, 2.05) is 12.2 Å². The number of nitrogens with one attached hydrogen (secondary N) is 1. The number of pyridine rings is 1. The number of halogens is 1. The molecule has 0 spiro atoms. The number of carbonyl (C=O) groups excluding carboxylic acids is 1. The SMILES string of the molecule is O=C(O)[C@@H]1C2C=CC(C2)[C@@H]1C(=O)Nc1ccc(F)nc1.